The summed E-state index contributed by atoms with van der Waals surface area (Å²) in [5.74, 6) is 0.310. The van der Waals surface area contributed by atoms with Crippen molar-refractivity contribution in [3.8, 4) is 0 Å². The molecule has 1 N–H and O–H groups in total. The molecular weight excluding hydrogens is 214 g/mol. The van der Waals surface area contributed by atoms with Crippen molar-refractivity contribution in [2.24, 2.45) is 0 Å². The fourth-order valence-electron chi connectivity index (χ4n) is 2.44. The zero-order valence-electron chi connectivity index (χ0n) is 11.3. The van der Waals surface area contributed by atoms with Crippen LogP contribution in [-0.2, 0) is 4.79 Å². The molecule has 0 spiro atoms. The minimum absolute atomic E-state index is 0.310. The van der Waals surface area contributed by atoms with Crippen molar-refractivity contribution in [3.05, 3.63) is 0 Å². The van der Waals surface area contributed by atoms with Crippen molar-refractivity contribution in [1.29, 1.82) is 0 Å². The number of likely N-dealkylation sites (N-methyl/N-ethyl adjacent to an activating group) is 1. The topological polar surface area (TPSA) is 35.6 Å². The summed E-state index contributed by atoms with van der Waals surface area (Å²) in [6.45, 7) is 6.99. The Morgan fingerprint density at radius 1 is 1.24 bits per heavy atom. The van der Waals surface area contributed by atoms with Gasteiger partial charge in [0.25, 0.3) is 0 Å². The number of hydrogen-bond acceptors (Lipinski definition) is 3. The summed E-state index contributed by atoms with van der Waals surface area (Å²) < 4.78 is 0. The minimum Gasteiger partial charge on any atom is -0.340 e. The van der Waals surface area contributed by atoms with Gasteiger partial charge in [-0.05, 0) is 33.7 Å². The van der Waals surface area contributed by atoms with Gasteiger partial charge in [-0.25, -0.2) is 0 Å². The first-order valence-corrected chi connectivity index (χ1v) is 6.81. The highest BCUT2D eigenvalue weighted by Gasteiger charge is 2.29. The lowest BCUT2D eigenvalue weighted by molar-refractivity contribution is -0.135. The first kappa shape index (κ1) is 12.8. The molecule has 1 saturated heterocycles. The summed E-state index contributed by atoms with van der Waals surface area (Å²) in [6, 6.07) is 1.64. The smallest absolute Gasteiger partial charge is 0.223 e. The summed E-state index contributed by atoms with van der Waals surface area (Å²) in [4.78, 5) is 16.5. The Balaban J connectivity index is 1.74. The van der Waals surface area contributed by atoms with Crippen LogP contribution >= 0.6 is 0 Å². The maximum absolute atomic E-state index is 12.1. The lowest BCUT2D eigenvalue weighted by Crippen LogP contribution is -2.56. The number of nitrogens with zero attached hydrogens (tertiary/aromatic N) is 2. The largest absolute Gasteiger partial charge is 0.340 e. The maximum Gasteiger partial charge on any atom is 0.223 e. The van der Waals surface area contributed by atoms with Crippen LogP contribution < -0.4 is 5.32 Å². The van der Waals surface area contributed by atoms with Gasteiger partial charge in [-0.2, -0.15) is 0 Å². The second-order valence-corrected chi connectivity index (χ2v) is 5.64. The number of amides is 1. The SMILES string of the molecule is CC1CN(C(=O)CCNC2CC2)CC(C)N1C. The van der Waals surface area contributed by atoms with E-state index < -0.39 is 0 Å². The molecule has 2 unspecified atom stereocenters. The van der Waals surface area contributed by atoms with E-state index in [1.807, 2.05) is 4.90 Å². The van der Waals surface area contributed by atoms with Crippen LogP contribution in [-0.4, -0.2) is 60.5 Å². The molecule has 1 aliphatic carbocycles. The number of carbonyl (C=O) groups excluding carboxylic acids is 1. The van der Waals surface area contributed by atoms with E-state index >= 15 is 0 Å². The van der Waals surface area contributed by atoms with Crippen LogP contribution in [0.15, 0.2) is 0 Å². The lowest BCUT2D eigenvalue weighted by atomic mass is 10.1. The van der Waals surface area contributed by atoms with Crippen LogP contribution in [0.1, 0.15) is 33.1 Å². The van der Waals surface area contributed by atoms with Gasteiger partial charge < -0.3 is 10.2 Å². The molecule has 4 nitrogen and oxygen atoms in total. The van der Waals surface area contributed by atoms with Gasteiger partial charge in [0.2, 0.25) is 5.91 Å². The highest BCUT2D eigenvalue weighted by atomic mass is 16.2. The predicted octanol–water partition coefficient (Wildman–Crippen LogP) is 0.680. The molecule has 1 amide bonds. The second kappa shape index (κ2) is 5.36. The fraction of sp³-hybridized carbons (Fsp3) is 0.923. The molecule has 2 fully saturated rings. The van der Waals surface area contributed by atoms with Crippen molar-refractivity contribution in [3.63, 3.8) is 0 Å². The van der Waals surface area contributed by atoms with Gasteiger partial charge in [0, 0.05) is 44.2 Å². The summed E-state index contributed by atoms with van der Waals surface area (Å²) in [5.41, 5.74) is 0. The number of hydrogen-bond donors (Lipinski definition) is 1. The molecule has 2 atom stereocenters. The van der Waals surface area contributed by atoms with Crippen molar-refractivity contribution < 1.29 is 4.79 Å². The normalized spacial score (nSPS) is 30.6. The van der Waals surface area contributed by atoms with Crippen molar-refractivity contribution >= 4 is 5.91 Å². The number of piperazine rings is 1. The summed E-state index contributed by atoms with van der Waals surface area (Å²) in [7, 11) is 2.14. The van der Waals surface area contributed by atoms with Crippen molar-refractivity contribution in [2.75, 3.05) is 26.7 Å². The molecule has 0 aromatic heterocycles. The van der Waals surface area contributed by atoms with E-state index in [0.717, 1.165) is 19.6 Å². The van der Waals surface area contributed by atoms with E-state index in [1.165, 1.54) is 12.8 Å². The maximum atomic E-state index is 12.1. The lowest BCUT2D eigenvalue weighted by Gasteiger charge is -2.42. The quantitative estimate of drug-likeness (QED) is 0.783. The third-order valence-corrected chi connectivity index (χ3v) is 4.06. The first-order valence-electron chi connectivity index (χ1n) is 6.81. The average molecular weight is 239 g/mol. The molecule has 1 heterocycles. The second-order valence-electron chi connectivity index (χ2n) is 5.64. The van der Waals surface area contributed by atoms with Crippen molar-refractivity contribution in [1.82, 2.24) is 15.1 Å². The van der Waals surface area contributed by atoms with E-state index in [0.29, 0.717) is 30.5 Å². The van der Waals surface area contributed by atoms with Gasteiger partial charge in [-0.1, -0.05) is 0 Å². The standard InChI is InChI=1S/C13H25N3O/c1-10-8-16(9-11(2)15(10)3)13(17)6-7-14-12-4-5-12/h10-12,14H,4-9H2,1-3H3. The molecule has 17 heavy (non-hydrogen) atoms. The highest BCUT2D eigenvalue weighted by Crippen LogP contribution is 2.18. The average Bonchev–Trinajstić information content (AvgIpc) is 3.09. The molecule has 2 rings (SSSR count). The van der Waals surface area contributed by atoms with Gasteiger partial charge in [-0.15, -0.1) is 0 Å². The molecular formula is C13H25N3O. The van der Waals surface area contributed by atoms with E-state index in [2.05, 4.69) is 31.1 Å². The third kappa shape index (κ3) is 3.42. The van der Waals surface area contributed by atoms with E-state index in [4.69, 9.17) is 0 Å². The Morgan fingerprint density at radius 3 is 2.35 bits per heavy atom. The van der Waals surface area contributed by atoms with Crippen LogP contribution in [0.5, 0.6) is 0 Å². The first-order chi connectivity index (χ1) is 8.08. The van der Waals surface area contributed by atoms with E-state index in [9.17, 15) is 4.79 Å². The van der Waals surface area contributed by atoms with Crippen LogP contribution in [0.25, 0.3) is 0 Å². The molecule has 98 valence electrons. The zero-order valence-corrected chi connectivity index (χ0v) is 11.3. The molecule has 2 aliphatic rings. The molecule has 0 bridgehead atoms. The Labute approximate surface area is 104 Å². The molecule has 0 aromatic rings. The predicted molar refractivity (Wildman–Crippen MR) is 68.9 cm³/mol. The van der Waals surface area contributed by atoms with E-state index in [1.54, 1.807) is 0 Å². The van der Waals surface area contributed by atoms with Gasteiger partial charge >= 0.3 is 0 Å². The molecule has 0 radical (unpaired) electrons. The molecule has 1 saturated carbocycles. The zero-order chi connectivity index (χ0) is 12.4. The number of carbonyl (C=O) groups is 1. The Bertz CT molecular complexity index is 266. The Morgan fingerprint density at radius 2 is 1.82 bits per heavy atom. The van der Waals surface area contributed by atoms with Crippen LogP contribution in [0.3, 0.4) is 0 Å². The van der Waals surface area contributed by atoms with E-state index in [-0.39, 0.29) is 0 Å². The molecule has 0 aromatic carbocycles. The van der Waals surface area contributed by atoms with Crippen molar-refractivity contribution in [2.45, 2.75) is 51.2 Å². The molecule has 1 aliphatic heterocycles. The Kier molecular flexibility index (Phi) is 4.05. The van der Waals surface area contributed by atoms with Gasteiger partial charge in [0.1, 0.15) is 0 Å². The minimum atomic E-state index is 0.310. The summed E-state index contributed by atoms with van der Waals surface area (Å²) in [5, 5.41) is 3.40. The monoisotopic (exact) mass is 239 g/mol. The number of rotatable bonds is 4. The molecule has 4 heteroatoms. The number of nitrogens with one attached hydrogen (secondary N) is 1. The van der Waals surface area contributed by atoms with Gasteiger partial charge in [-0.3, -0.25) is 9.69 Å². The van der Waals surface area contributed by atoms with Crippen LogP contribution in [0.4, 0.5) is 0 Å². The Hall–Kier alpha value is -0.610. The third-order valence-electron chi connectivity index (χ3n) is 4.06. The van der Waals surface area contributed by atoms with Gasteiger partial charge in [0.05, 0.1) is 0 Å². The highest BCUT2D eigenvalue weighted by molar-refractivity contribution is 5.76. The fourth-order valence-corrected chi connectivity index (χ4v) is 2.44. The summed E-state index contributed by atoms with van der Waals surface area (Å²) >= 11 is 0. The van der Waals surface area contributed by atoms with Gasteiger partial charge in [0.15, 0.2) is 0 Å². The summed E-state index contributed by atoms with van der Waals surface area (Å²) in [6.07, 6.45) is 3.23. The van der Waals surface area contributed by atoms with Crippen LogP contribution in [0.2, 0.25) is 0 Å². The van der Waals surface area contributed by atoms with Crippen LogP contribution in [0, 0.1) is 0 Å².